The van der Waals surface area contributed by atoms with E-state index >= 15 is 0 Å². The summed E-state index contributed by atoms with van der Waals surface area (Å²) in [6, 6.07) is 2.46. The van der Waals surface area contributed by atoms with E-state index in [0.717, 1.165) is 32.4 Å². The van der Waals surface area contributed by atoms with Crippen molar-refractivity contribution in [2.75, 3.05) is 24.6 Å². The molecule has 2 rings (SSSR count). The molecule has 0 aromatic rings. The number of sulfone groups is 1. The van der Waals surface area contributed by atoms with Crippen molar-refractivity contribution in [3.05, 3.63) is 0 Å². The number of piperidine rings is 1. The highest BCUT2D eigenvalue weighted by Crippen LogP contribution is 2.25. The molecular weight excluding hydrogens is 224 g/mol. The largest absolute Gasteiger partial charge is 0.299 e. The van der Waals surface area contributed by atoms with Crippen molar-refractivity contribution in [1.29, 1.82) is 5.26 Å². The normalized spacial score (nSPS) is 31.3. The van der Waals surface area contributed by atoms with E-state index in [9.17, 15) is 8.42 Å². The molecule has 0 aromatic heterocycles. The number of nitriles is 1. The fourth-order valence-electron chi connectivity index (χ4n) is 2.71. The van der Waals surface area contributed by atoms with E-state index in [4.69, 9.17) is 5.26 Å². The molecule has 1 unspecified atom stereocenters. The molecule has 5 heteroatoms. The lowest BCUT2D eigenvalue weighted by Crippen LogP contribution is -2.42. The van der Waals surface area contributed by atoms with Gasteiger partial charge < -0.3 is 0 Å². The Hall–Kier alpha value is -0.600. The van der Waals surface area contributed by atoms with Gasteiger partial charge in [0.2, 0.25) is 0 Å². The van der Waals surface area contributed by atoms with Gasteiger partial charge in [-0.1, -0.05) is 0 Å². The minimum Gasteiger partial charge on any atom is -0.299 e. The van der Waals surface area contributed by atoms with Crippen molar-refractivity contribution in [1.82, 2.24) is 4.90 Å². The number of rotatable bonds is 2. The van der Waals surface area contributed by atoms with Gasteiger partial charge in [-0.05, 0) is 38.3 Å². The molecule has 0 radical (unpaired) electrons. The maximum atomic E-state index is 11.4. The van der Waals surface area contributed by atoms with Gasteiger partial charge in [0.15, 0.2) is 9.84 Å². The Morgan fingerprint density at radius 2 is 1.94 bits per heavy atom. The molecule has 0 saturated carbocycles. The second kappa shape index (κ2) is 4.72. The van der Waals surface area contributed by atoms with Gasteiger partial charge in [-0.25, -0.2) is 8.42 Å². The molecule has 4 nitrogen and oxygen atoms in total. The molecule has 0 spiro atoms. The highest BCUT2D eigenvalue weighted by molar-refractivity contribution is 7.91. The van der Waals surface area contributed by atoms with Crippen LogP contribution in [0, 0.1) is 17.2 Å². The zero-order valence-corrected chi connectivity index (χ0v) is 10.2. The lowest BCUT2D eigenvalue weighted by molar-refractivity contribution is 0.145. The first-order valence-corrected chi connectivity index (χ1v) is 7.74. The zero-order chi connectivity index (χ0) is 11.6. The quantitative estimate of drug-likeness (QED) is 0.718. The summed E-state index contributed by atoms with van der Waals surface area (Å²) in [5.41, 5.74) is 0. The Labute approximate surface area is 97.2 Å². The van der Waals surface area contributed by atoms with Crippen LogP contribution in [0.5, 0.6) is 0 Å². The number of nitrogens with zero attached hydrogens (tertiary/aromatic N) is 2. The van der Waals surface area contributed by atoms with E-state index in [0.29, 0.717) is 23.8 Å². The Morgan fingerprint density at radius 3 is 2.44 bits per heavy atom. The van der Waals surface area contributed by atoms with Crippen LogP contribution >= 0.6 is 0 Å². The van der Waals surface area contributed by atoms with Crippen molar-refractivity contribution in [2.24, 2.45) is 5.92 Å². The lowest BCUT2D eigenvalue weighted by atomic mass is 9.93. The Bertz CT molecular complexity index is 377. The highest BCUT2D eigenvalue weighted by atomic mass is 32.2. The first-order chi connectivity index (χ1) is 7.61. The maximum absolute atomic E-state index is 11.4. The molecule has 2 fully saturated rings. The van der Waals surface area contributed by atoms with E-state index in [-0.39, 0.29) is 6.04 Å². The summed E-state index contributed by atoms with van der Waals surface area (Å²) in [5.74, 6) is 1.23. The van der Waals surface area contributed by atoms with Crippen molar-refractivity contribution < 1.29 is 8.42 Å². The molecule has 2 aliphatic rings. The summed E-state index contributed by atoms with van der Waals surface area (Å²) in [4.78, 5) is 2.30. The number of hydrogen-bond donors (Lipinski definition) is 0. The number of likely N-dealkylation sites (tertiary alicyclic amines) is 1. The second-order valence-electron chi connectivity index (χ2n) is 4.90. The fraction of sp³-hybridized carbons (Fsp3) is 0.909. The molecule has 2 heterocycles. The molecule has 0 aromatic carbocycles. The van der Waals surface area contributed by atoms with Gasteiger partial charge in [0.05, 0.1) is 17.6 Å². The average Bonchev–Trinajstić information content (AvgIpc) is 2.61. The van der Waals surface area contributed by atoms with E-state index in [1.54, 1.807) is 0 Å². The minimum absolute atomic E-state index is 0.244. The second-order valence-corrected chi connectivity index (χ2v) is 7.13. The minimum atomic E-state index is -2.76. The summed E-state index contributed by atoms with van der Waals surface area (Å²) in [7, 11) is -2.76. The Morgan fingerprint density at radius 1 is 1.25 bits per heavy atom. The van der Waals surface area contributed by atoms with E-state index in [1.165, 1.54) is 0 Å². The Kier molecular flexibility index (Phi) is 3.50. The monoisotopic (exact) mass is 242 g/mol. The van der Waals surface area contributed by atoms with Crippen molar-refractivity contribution in [3.8, 4) is 6.07 Å². The Balaban J connectivity index is 1.84. The third-order valence-electron chi connectivity index (χ3n) is 3.75. The van der Waals surface area contributed by atoms with E-state index < -0.39 is 9.84 Å². The van der Waals surface area contributed by atoms with Crippen molar-refractivity contribution >= 4 is 9.84 Å². The molecule has 0 N–H and O–H groups in total. The molecule has 90 valence electrons. The van der Waals surface area contributed by atoms with Crippen molar-refractivity contribution in [2.45, 2.75) is 31.7 Å². The zero-order valence-electron chi connectivity index (χ0n) is 9.43. The first kappa shape index (κ1) is 11.9. The molecule has 2 saturated heterocycles. The van der Waals surface area contributed by atoms with Crippen LogP contribution in [0.4, 0.5) is 0 Å². The van der Waals surface area contributed by atoms with E-state index in [1.807, 2.05) is 0 Å². The number of hydrogen-bond acceptors (Lipinski definition) is 4. The SMILES string of the molecule is N#CCC1CCN(C2CCS(=O)(=O)C2)CC1. The molecule has 0 amide bonds. The molecule has 2 aliphatic heterocycles. The van der Waals surface area contributed by atoms with Crippen LogP contribution in [0.25, 0.3) is 0 Å². The summed E-state index contributed by atoms with van der Waals surface area (Å²) >= 11 is 0. The van der Waals surface area contributed by atoms with E-state index in [2.05, 4.69) is 11.0 Å². The van der Waals surface area contributed by atoms with Gasteiger partial charge >= 0.3 is 0 Å². The summed E-state index contributed by atoms with van der Waals surface area (Å²) < 4.78 is 22.8. The maximum Gasteiger partial charge on any atom is 0.151 e. The van der Waals surface area contributed by atoms with Crippen LogP contribution in [0.3, 0.4) is 0 Å². The van der Waals surface area contributed by atoms with Crippen LogP contribution in [0.2, 0.25) is 0 Å². The average molecular weight is 242 g/mol. The summed E-state index contributed by atoms with van der Waals surface area (Å²) in [6.45, 7) is 1.93. The predicted octanol–water partition coefficient (Wildman–Crippen LogP) is 0.799. The van der Waals surface area contributed by atoms with Gasteiger partial charge in [-0.3, -0.25) is 4.90 Å². The van der Waals surface area contributed by atoms with Crippen LogP contribution in [-0.2, 0) is 9.84 Å². The van der Waals surface area contributed by atoms with Gasteiger partial charge in [0.25, 0.3) is 0 Å². The lowest BCUT2D eigenvalue weighted by Gasteiger charge is -2.34. The third-order valence-corrected chi connectivity index (χ3v) is 5.50. The van der Waals surface area contributed by atoms with Gasteiger partial charge in [-0.2, -0.15) is 5.26 Å². The third kappa shape index (κ3) is 2.74. The summed E-state index contributed by atoms with van der Waals surface area (Å²) in [6.07, 6.45) is 3.54. The van der Waals surface area contributed by atoms with Gasteiger partial charge in [0, 0.05) is 12.5 Å². The molecule has 1 atom stereocenters. The smallest absolute Gasteiger partial charge is 0.151 e. The van der Waals surface area contributed by atoms with Gasteiger partial charge in [-0.15, -0.1) is 0 Å². The molecule has 0 aliphatic carbocycles. The van der Waals surface area contributed by atoms with Crippen LogP contribution < -0.4 is 0 Å². The molecule has 0 bridgehead atoms. The molecule has 16 heavy (non-hydrogen) atoms. The van der Waals surface area contributed by atoms with Gasteiger partial charge in [0.1, 0.15) is 0 Å². The predicted molar refractivity (Wildman–Crippen MR) is 61.6 cm³/mol. The topological polar surface area (TPSA) is 61.2 Å². The van der Waals surface area contributed by atoms with Crippen LogP contribution in [-0.4, -0.2) is 44.0 Å². The first-order valence-electron chi connectivity index (χ1n) is 5.92. The molecular formula is C11H18N2O2S. The summed E-state index contributed by atoms with van der Waals surface area (Å²) in [5, 5.41) is 8.62. The fourth-order valence-corrected chi connectivity index (χ4v) is 4.48. The van der Waals surface area contributed by atoms with Crippen LogP contribution in [0.1, 0.15) is 25.7 Å². The standard InChI is InChI=1S/C11H18N2O2S/c12-5-1-10-2-6-13(7-3-10)11-4-8-16(14,15)9-11/h10-11H,1-4,6-9H2. The highest BCUT2D eigenvalue weighted by Gasteiger charge is 2.33. The van der Waals surface area contributed by atoms with Crippen molar-refractivity contribution in [3.63, 3.8) is 0 Å². The van der Waals surface area contributed by atoms with Crippen LogP contribution in [0.15, 0.2) is 0 Å².